The zero-order chi connectivity index (χ0) is 17.8. The molecule has 0 amide bonds. The fraction of sp³-hybridized carbons (Fsp3) is 0.0526. The lowest BCUT2D eigenvalue weighted by molar-refractivity contribution is -0.136. The maximum atomic E-state index is 12.1. The number of halogens is 2. The molecular formula is C19H12BrClO4. The first-order chi connectivity index (χ1) is 12.1. The zero-order valence-corrected chi connectivity index (χ0v) is 15.2. The number of ether oxygens (including phenoxy) is 2. The SMILES string of the molecule is O=Cc1c(OC(=O)COc2ccc(Br)cc2Cl)ccc2ccccc12. The van der Waals surface area contributed by atoms with E-state index in [0.29, 0.717) is 22.6 Å². The van der Waals surface area contributed by atoms with Gasteiger partial charge in [-0.25, -0.2) is 4.79 Å². The highest BCUT2D eigenvalue weighted by Crippen LogP contribution is 2.29. The van der Waals surface area contributed by atoms with Crippen molar-refractivity contribution in [1.29, 1.82) is 0 Å². The number of benzene rings is 3. The van der Waals surface area contributed by atoms with Crippen molar-refractivity contribution in [3.05, 3.63) is 69.7 Å². The third-order valence-electron chi connectivity index (χ3n) is 3.51. The van der Waals surface area contributed by atoms with Gasteiger partial charge < -0.3 is 9.47 Å². The number of esters is 1. The first-order valence-electron chi connectivity index (χ1n) is 7.34. The molecule has 0 saturated carbocycles. The highest BCUT2D eigenvalue weighted by Gasteiger charge is 2.13. The highest BCUT2D eigenvalue weighted by molar-refractivity contribution is 9.10. The largest absolute Gasteiger partial charge is 0.480 e. The first kappa shape index (κ1) is 17.5. The van der Waals surface area contributed by atoms with E-state index in [-0.39, 0.29) is 12.4 Å². The molecule has 3 aromatic carbocycles. The van der Waals surface area contributed by atoms with Crippen LogP contribution < -0.4 is 9.47 Å². The van der Waals surface area contributed by atoms with E-state index in [1.54, 1.807) is 36.4 Å². The molecule has 6 heteroatoms. The van der Waals surface area contributed by atoms with Gasteiger partial charge in [0, 0.05) is 4.47 Å². The van der Waals surface area contributed by atoms with Crippen LogP contribution in [0, 0.1) is 0 Å². The Labute approximate surface area is 157 Å². The van der Waals surface area contributed by atoms with Gasteiger partial charge in [0.05, 0.1) is 10.6 Å². The summed E-state index contributed by atoms with van der Waals surface area (Å²) in [5, 5.41) is 1.99. The Hall–Kier alpha value is -2.37. The van der Waals surface area contributed by atoms with Gasteiger partial charge in [-0.3, -0.25) is 4.79 Å². The Bertz CT molecular complexity index is 955. The molecule has 0 N–H and O–H groups in total. The molecule has 0 aliphatic heterocycles. The van der Waals surface area contributed by atoms with Crippen LogP contribution >= 0.6 is 27.5 Å². The standard InChI is InChI=1S/C19H12BrClO4/c20-13-6-8-18(16(21)9-13)24-11-19(23)25-17-7-5-12-3-1-2-4-14(12)15(17)10-22/h1-10H,11H2. The molecule has 0 atom stereocenters. The van der Waals surface area contributed by atoms with E-state index in [4.69, 9.17) is 21.1 Å². The van der Waals surface area contributed by atoms with Gasteiger partial charge >= 0.3 is 5.97 Å². The average Bonchev–Trinajstić information content (AvgIpc) is 2.61. The summed E-state index contributed by atoms with van der Waals surface area (Å²) < 4.78 is 11.5. The summed E-state index contributed by atoms with van der Waals surface area (Å²) in [5.74, 6) is -0.0579. The second-order valence-corrected chi connectivity index (χ2v) is 6.48. The fourth-order valence-electron chi connectivity index (χ4n) is 2.37. The number of hydrogen-bond donors (Lipinski definition) is 0. The highest BCUT2D eigenvalue weighted by atomic mass is 79.9. The molecule has 3 aromatic rings. The minimum absolute atomic E-state index is 0.198. The number of carbonyl (C=O) groups excluding carboxylic acids is 2. The van der Waals surface area contributed by atoms with Gasteiger partial charge in [-0.1, -0.05) is 57.9 Å². The van der Waals surface area contributed by atoms with Crippen molar-refractivity contribution in [3.8, 4) is 11.5 Å². The third-order valence-corrected chi connectivity index (χ3v) is 4.30. The monoisotopic (exact) mass is 418 g/mol. The lowest BCUT2D eigenvalue weighted by atomic mass is 10.0. The molecule has 0 fully saturated rings. The van der Waals surface area contributed by atoms with E-state index in [1.807, 2.05) is 18.2 Å². The van der Waals surface area contributed by atoms with Gasteiger partial charge in [0.25, 0.3) is 0 Å². The van der Waals surface area contributed by atoms with Crippen LogP contribution in [0.3, 0.4) is 0 Å². The molecule has 25 heavy (non-hydrogen) atoms. The predicted molar refractivity (Wildman–Crippen MR) is 99.6 cm³/mol. The van der Waals surface area contributed by atoms with E-state index in [9.17, 15) is 9.59 Å². The molecule has 0 spiro atoms. The molecule has 4 nitrogen and oxygen atoms in total. The number of hydrogen-bond acceptors (Lipinski definition) is 4. The van der Waals surface area contributed by atoms with E-state index in [2.05, 4.69) is 15.9 Å². The molecule has 0 aliphatic rings. The number of carbonyl (C=O) groups is 2. The minimum Gasteiger partial charge on any atom is -0.480 e. The molecule has 0 saturated heterocycles. The fourth-order valence-corrected chi connectivity index (χ4v) is 3.10. The second-order valence-electron chi connectivity index (χ2n) is 5.15. The third kappa shape index (κ3) is 4.00. The summed E-state index contributed by atoms with van der Waals surface area (Å²) in [5.41, 5.74) is 0.327. The van der Waals surface area contributed by atoms with Crippen LogP contribution in [0.2, 0.25) is 5.02 Å². The Morgan fingerprint density at radius 3 is 2.60 bits per heavy atom. The summed E-state index contributed by atoms with van der Waals surface area (Å²) in [6, 6.07) is 15.8. The summed E-state index contributed by atoms with van der Waals surface area (Å²) in [6.45, 7) is -0.327. The van der Waals surface area contributed by atoms with E-state index in [1.165, 1.54) is 0 Å². The number of rotatable bonds is 5. The zero-order valence-electron chi connectivity index (χ0n) is 12.9. The number of aldehydes is 1. The Kier molecular flexibility index (Phi) is 5.36. The second kappa shape index (κ2) is 7.68. The van der Waals surface area contributed by atoms with Crippen LogP contribution in [-0.2, 0) is 4.79 Å². The predicted octanol–water partition coefficient (Wildman–Crippen LogP) is 5.05. The van der Waals surface area contributed by atoms with Crippen LogP contribution in [0.4, 0.5) is 0 Å². The molecule has 126 valence electrons. The molecule has 0 aliphatic carbocycles. The lowest BCUT2D eigenvalue weighted by Gasteiger charge is -2.11. The smallest absolute Gasteiger partial charge is 0.349 e. The molecular weight excluding hydrogens is 408 g/mol. The van der Waals surface area contributed by atoms with E-state index < -0.39 is 5.97 Å². The quantitative estimate of drug-likeness (QED) is 0.330. The van der Waals surface area contributed by atoms with Crippen LogP contribution in [0.25, 0.3) is 10.8 Å². The Balaban J connectivity index is 1.74. The van der Waals surface area contributed by atoms with Gasteiger partial charge in [-0.15, -0.1) is 0 Å². The maximum absolute atomic E-state index is 12.1. The Morgan fingerprint density at radius 1 is 1.08 bits per heavy atom. The molecule has 0 aromatic heterocycles. The van der Waals surface area contributed by atoms with Gasteiger partial charge in [-0.2, -0.15) is 0 Å². The van der Waals surface area contributed by atoms with Crippen molar-refractivity contribution in [2.75, 3.05) is 6.61 Å². The van der Waals surface area contributed by atoms with Crippen LogP contribution in [0.15, 0.2) is 59.1 Å². The lowest BCUT2D eigenvalue weighted by Crippen LogP contribution is -2.18. The summed E-state index contributed by atoms with van der Waals surface area (Å²) in [7, 11) is 0. The van der Waals surface area contributed by atoms with Crippen molar-refractivity contribution >= 4 is 50.6 Å². The van der Waals surface area contributed by atoms with Crippen LogP contribution in [-0.4, -0.2) is 18.9 Å². The minimum atomic E-state index is -0.627. The molecule has 3 rings (SSSR count). The topological polar surface area (TPSA) is 52.6 Å². The van der Waals surface area contributed by atoms with Crippen molar-refractivity contribution < 1.29 is 19.1 Å². The van der Waals surface area contributed by atoms with E-state index in [0.717, 1.165) is 15.2 Å². The summed E-state index contributed by atoms with van der Waals surface area (Å²) in [4.78, 5) is 23.5. The van der Waals surface area contributed by atoms with Crippen molar-refractivity contribution in [3.63, 3.8) is 0 Å². The molecule has 0 heterocycles. The van der Waals surface area contributed by atoms with Gasteiger partial charge in [0.1, 0.15) is 11.5 Å². The van der Waals surface area contributed by atoms with Crippen molar-refractivity contribution in [2.45, 2.75) is 0 Å². The first-order valence-corrected chi connectivity index (χ1v) is 8.51. The molecule has 0 unspecified atom stereocenters. The normalized spacial score (nSPS) is 10.5. The maximum Gasteiger partial charge on any atom is 0.349 e. The summed E-state index contributed by atoms with van der Waals surface area (Å²) in [6.07, 6.45) is 0.678. The summed E-state index contributed by atoms with van der Waals surface area (Å²) >= 11 is 9.32. The molecule has 0 radical (unpaired) electrons. The van der Waals surface area contributed by atoms with Crippen LogP contribution in [0.1, 0.15) is 10.4 Å². The van der Waals surface area contributed by atoms with Crippen LogP contribution in [0.5, 0.6) is 11.5 Å². The van der Waals surface area contributed by atoms with Gasteiger partial charge in [-0.05, 0) is 35.0 Å². The Morgan fingerprint density at radius 2 is 1.84 bits per heavy atom. The van der Waals surface area contributed by atoms with Crippen molar-refractivity contribution in [2.24, 2.45) is 0 Å². The van der Waals surface area contributed by atoms with Crippen molar-refractivity contribution in [1.82, 2.24) is 0 Å². The molecule has 0 bridgehead atoms. The average molecular weight is 420 g/mol. The number of fused-ring (bicyclic) bond motifs is 1. The van der Waals surface area contributed by atoms with Gasteiger partial charge in [0.2, 0.25) is 0 Å². The van der Waals surface area contributed by atoms with E-state index >= 15 is 0 Å². The van der Waals surface area contributed by atoms with Gasteiger partial charge in [0.15, 0.2) is 12.9 Å².